The highest BCUT2D eigenvalue weighted by Gasteiger charge is 2.28. The lowest BCUT2D eigenvalue weighted by atomic mass is 10.1. The van der Waals surface area contributed by atoms with Gasteiger partial charge in [0.2, 0.25) is 0 Å². The maximum absolute atomic E-state index is 12.2. The van der Waals surface area contributed by atoms with E-state index >= 15 is 0 Å². The summed E-state index contributed by atoms with van der Waals surface area (Å²) in [6.45, 7) is 16.4. The van der Waals surface area contributed by atoms with E-state index in [1.54, 1.807) is 11.9 Å². The molecule has 1 amide bonds. The van der Waals surface area contributed by atoms with Crippen LogP contribution in [0, 0.1) is 0 Å². The number of rotatable bonds is 12. The molecule has 0 spiro atoms. The SMILES string of the molecule is CC(CCOC(C)(C)C(=O)NCCN(C)C(C)C)NSC(C)C. The summed E-state index contributed by atoms with van der Waals surface area (Å²) in [4.78, 5) is 14.4. The first-order valence-electron chi connectivity index (χ1n) is 8.60. The molecule has 0 rings (SSSR count). The van der Waals surface area contributed by atoms with Crippen molar-refractivity contribution in [1.29, 1.82) is 0 Å². The van der Waals surface area contributed by atoms with Crippen LogP contribution in [0.3, 0.4) is 0 Å². The average molecular weight is 348 g/mol. The van der Waals surface area contributed by atoms with E-state index in [-0.39, 0.29) is 5.91 Å². The van der Waals surface area contributed by atoms with Gasteiger partial charge in [-0.25, -0.2) is 0 Å². The van der Waals surface area contributed by atoms with Crippen LogP contribution in [-0.4, -0.2) is 60.5 Å². The molecule has 6 heteroatoms. The maximum Gasteiger partial charge on any atom is 0.251 e. The Labute approximate surface area is 147 Å². The number of carbonyl (C=O) groups excluding carboxylic acids is 1. The zero-order chi connectivity index (χ0) is 18.0. The zero-order valence-corrected chi connectivity index (χ0v) is 17.0. The molecule has 0 aliphatic rings. The van der Waals surface area contributed by atoms with Gasteiger partial charge in [0.25, 0.3) is 5.91 Å². The Bertz CT molecular complexity index is 336. The second-order valence-corrected chi connectivity index (χ2v) is 8.58. The zero-order valence-electron chi connectivity index (χ0n) is 16.2. The molecule has 5 nitrogen and oxygen atoms in total. The fraction of sp³-hybridized carbons (Fsp3) is 0.941. The molecule has 2 N–H and O–H groups in total. The van der Waals surface area contributed by atoms with Gasteiger partial charge in [0, 0.05) is 37.0 Å². The minimum Gasteiger partial charge on any atom is -0.366 e. The normalized spacial score (nSPS) is 13.9. The molecule has 23 heavy (non-hydrogen) atoms. The number of nitrogens with zero attached hydrogens (tertiary/aromatic N) is 1. The molecular weight excluding hydrogens is 310 g/mol. The van der Waals surface area contributed by atoms with Crippen LogP contribution in [0.2, 0.25) is 0 Å². The molecule has 0 radical (unpaired) electrons. The van der Waals surface area contributed by atoms with E-state index in [2.05, 4.69) is 56.6 Å². The summed E-state index contributed by atoms with van der Waals surface area (Å²) < 4.78 is 9.18. The predicted molar refractivity (Wildman–Crippen MR) is 101 cm³/mol. The van der Waals surface area contributed by atoms with Crippen molar-refractivity contribution in [1.82, 2.24) is 14.9 Å². The molecule has 0 aliphatic heterocycles. The molecule has 1 unspecified atom stereocenters. The first kappa shape index (κ1) is 22.7. The molecule has 0 aromatic heterocycles. The van der Waals surface area contributed by atoms with Gasteiger partial charge in [-0.15, -0.1) is 0 Å². The van der Waals surface area contributed by atoms with Gasteiger partial charge < -0.3 is 15.0 Å². The minimum absolute atomic E-state index is 0.0492. The van der Waals surface area contributed by atoms with E-state index in [0.29, 0.717) is 30.5 Å². The van der Waals surface area contributed by atoms with Gasteiger partial charge in [0.05, 0.1) is 0 Å². The highest BCUT2D eigenvalue weighted by atomic mass is 32.2. The Hall–Kier alpha value is -0.300. The summed E-state index contributed by atoms with van der Waals surface area (Å²) in [5, 5.41) is 3.52. The topological polar surface area (TPSA) is 53.6 Å². The van der Waals surface area contributed by atoms with Crippen LogP contribution in [-0.2, 0) is 9.53 Å². The number of ether oxygens (including phenoxy) is 1. The Kier molecular flexibility index (Phi) is 11.1. The van der Waals surface area contributed by atoms with Crippen LogP contribution in [0.1, 0.15) is 54.9 Å². The van der Waals surface area contributed by atoms with Crippen molar-refractivity contribution in [3.05, 3.63) is 0 Å². The molecule has 0 heterocycles. The van der Waals surface area contributed by atoms with Gasteiger partial charge in [0.1, 0.15) is 5.60 Å². The number of hydrogen-bond donors (Lipinski definition) is 2. The molecule has 0 fully saturated rings. The Morgan fingerprint density at radius 2 is 1.83 bits per heavy atom. The minimum atomic E-state index is -0.790. The van der Waals surface area contributed by atoms with Gasteiger partial charge >= 0.3 is 0 Å². The Morgan fingerprint density at radius 1 is 1.22 bits per heavy atom. The van der Waals surface area contributed by atoms with Crippen molar-refractivity contribution in [3.63, 3.8) is 0 Å². The van der Waals surface area contributed by atoms with E-state index < -0.39 is 5.60 Å². The summed E-state index contributed by atoms with van der Waals surface area (Å²) in [6, 6.07) is 0.842. The molecule has 1 atom stereocenters. The summed E-state index contributed by atoms with van der Waals surface area (Å²) >= 11 is 1.73. The maximum atomic E-state index is 12.2. The van der Waals surface area contributed by atoms with E-state index in [1.165, 1.54) is 0 Å². The highest BCUT2D eigenvalue weighted by molar-refractivity contribution is 7.98. The van der Waals surface area contributed by atoms with Crippen molar-refractivity contribution in [3.8, 4) is 0 Å². The summed E-state index contributed by atoms with van der Waals surface area (Å²) in [7, 11) is 2.06. The smallest absolute Gasteiger partial charge is 0.251 e. The van der Waals surface area contributed by atoms with Crippen molar-refractivity contribution in [2.24, 2.45) is 0 Å². The Morgan fingerprint density at radius 3 is 2.35 bits per heavy atom. The van der Waals surface area contributed by atoms with Gasteiger partial charge in [-0.1, -0.05) is 25.8 Å². The van der Waals surface area contributed by atoms with Crippen molar-refractivity contribution in [2.75, 3.05) is 26.7 Å². The predicted octanol–water partition coefficient (Wildman–Crippen LogP) is 2.66. The monoisotopic (exact) mass is 347 g/mol. The van der Waals surface area contributed by atoms with Gasteiger partial charge in [-0.05, 0) is 48.1 Å². The van der Waals surface area contributed by atoms with Crippen molar-refractivity contribution in [2.45, 2.75) is 77.8 Å². The number of hydrogen-bond acceptors (Lipinski definition) is 5. The first-order valence-corrected chi connectivity index (χ1v) is 9.48. The lowest BCUT2D eigenvalue weighted by Crippen LogP contribution is -2.47. The summed E-state index contributed by atoms with van der Waals surface area (Å²) in [6.07, 6.45) is 0.881. The fourth-order valence-corrected chi connectivity index (χ4v) is 2.31. The number of nitrogens with one attached hydrogen (secondary N) is 2. The van der Waals surface area contributed by atoms with E-state index in [0.717, 1.165) is 13.0 Å². The van der Waals surface area contributed by atoms with Crippen molar-refractivity contribution >= 4 is 17.9 Å². The van der Waals surface area contributed by atoms with Gasteiger partial charge in [-0.3, -0.25) is 9.52 Å². The van der Waals surface area contributed by atoms with Gasteiger partial charge in [-0.2, -0.15) is 0 Å². The third-order valence-electron chi connectivity index (χ3n) is 3.70. The average Bonchev–Trinajstić information content (AvgIpc) is 2.44. The molecular formula is C17H37N3O2S. The number of amides is 1. The highest BCUT2D eigenvalue weighted by Crippen LogP contribution is 2.12. The molecule has 0 bridgehead atoms. The summed E-state index contributed by atoms with van der Waals surface area (Å²) in [5.74, 6) is -0.0492. The Balaban J connectivity index is 3.99. The third kappa shape index (κ3) is 11.0. The van der Waals surface area contributed by atoms with E-state index in [1.807, 2.05) is 13.8 Å². The quantitative estimate of drug-likeness (QED) is 0.532. The van der Waals surface area contributed by atoms with E-state index in [4.69, 9.17) is 4.74 Å². The number of carbonyl (C=O) groups is 1. The van der Waals surface area contributed by atoms with Crippen molar-refractivity contribution < 1.29 is 9.53 Å². The summed E-state index contributed by atoms with van der Waals surface area (Å²) in [5.41, 5.74) is -0.790. The van der Waals surface area contributed by atoms with Crippen LogP contribution in [0.15, 0.2) is 0 Å². The molecule has 0 saturated carbocycles. The van der Waals surface area contributed by atoms with Crippen LogP contribution >= 0.6 is 11.9 Å². The third-order valence-corrected chi connectivity index (χ3v) is 4.71. The molecule has 0 aliphatic carbocycles. The lowest BCUT2D eigenvalue weighted by Gasteiger charge is -2.26. The van der Waals surface area contributed by atoms with Crippen LogP contribution in [0.4, 0.5) is 0 Å². The van der Waals surface area contributed by atoms with Crippen LogP contribution < -0.4 is 10.0 Å². The van der Waals surface area contributed by atoms with E-state index in [9.17, 15) is 4.79 Å². The first-order chi connectivity index (χ1) is 10.6. The molecule has 0 aromatic rings. The largest absolute Gasteiger partial charge is 0.366 e. The standard InChI is InChI=1S/C17H37N3O2S/c1-13(2)20(8)11-10-18-16(21)17(6,7)22-12-9-15(5)19-23-14(3)4/h13-15,19H,9-12H2,1-8H3,(H,18,21). The van der Waals surface area contributed by atoms with Crippen LogP contribution in [0.25, 0.3) is 0 Å². The fourth-order valence-electron chi connectivity index (χ4n) is 1.68. The lowest BCUT2D eigenvalue weighted by molar-refractivity contribution is -0.143. The van der Waals surface area contributed by atoms with Crippen LogP contribution in [0.5, 0.6) is 0 Å². The molecule has 138 valence electrons. The molecule has 0 saturated heterocycles. The van der Waals surface area contributed by atoms with Gasteiger partial charge in [0.15, 0.2) is 0 Å². The number of likely N-dealkylation sites (N-methyl/N-ethyl adjacent to an activating group) is 1. The second kappa shape index (κ2) is 11.3. The second-order valence-electron chi connectivity index (χ2n) is 7.16. The molecule has 0 aromatic carbocycles.